The second kappa shape index (κ2) is 9.73. The van der Waals surface area contributed by atoms with Crippen molar-refractivity contribution in [3.63, 3.8) is 0 Å². The molecule has 2 bridgehead atoms. The highest BCUT2D eigenvalue weighted by Gasteiger charge is 2.41. The highest BCUT2D eigenvalue weighted by atomic mass is 19.3. The fraction of sp³-hybridized carbons (Fsp3) is 0.448. The predicted octanol–water partition coefficient (Wildman–Crippen LogP) is 5.33. The molecule has 6 heterocycles. The van der Waals surface area contributed by atoms with Crippen LogP contribution in [0.1, 0.15) is 43.6 Å². The van der Waals surface area contributed by atoms with E-state index >= 15 is 4.39 Å². The van der Waals surface area contributed by atoms with E-state index in [4.69, 9.17) is 0 Å². The van der Waals surface area contributed by atoms with Crippen molar-refractivity contribution >= 4 is 22.8 Å². The molecule has 4 aromatic rings. The van der Waals surface area contributed by atoms with Gasteiger partial charge in [0.1, 0.15) is 22.9 Å². The normalized spacial score (nSPS) is 22.9. The molecule has 0 radical (unpaired) electrons. The summed E-state index contributed by atoms with van der Waals surface area (Å²) in [6.45, 7) is 3.77. The number of aromatic nitrogens is 5. The maximum atomic E-state index is 15.1. The number of rotatable bonds is 6. The van der Waals surface area contributed by atoms with Gasteiger partial charge in [0.15, 0.2) is 11.6 Å². The van der Waals surface area contributed by atoms with E-state index in [0.29, 0.717) is 30.1 Å². The Bertz CT molecular complexity index is 1600. The van der Waals surface area contributed by atoms with Crippen molar-refractivity contribution in [1.82, 2.24) is 34.3 Å². The van der Waals surface area contributed by atoms with Crippen LogP contribution in [-0.2, 0) is 13.0 Å². The van der Waals surface area contributed by atoms with Crippen LogP contribution in [0.4, 0.5) is 29.3 Å². The minimum atomic E-state index is -3.02. The van der Waals surface area contributed by atoms with Crippen molar-refractivity contribution in [2.45, 2.75) is 63.2 Å². The lowest BCUT2D eigenvalue weighted by atomic mass is 10.1. The molecule has 8 nitrogen and oxygen atoms in total. The van der Waals surface area contributed by atoms with E-state index < -0.39 is 23.6 Å². The molecule has 41 heavy (non-hydrogen) atoms. The van der Waals surface area contributed by atoms with E-state index in [-0.39, 0.29) is 34.7 Å². The lowest BCUT2D eigenvalue weighted by Gasteiger charge is -2.38. The SMILES string of the molecule is CN1C2CCC1CN(Cc1ccc(Nc3ncc(F)c(-c4cc(F)c5nc6n(c5c4)[C@H](C(C)(F)F)CC6)n3)nc1)C2. The van der Waals surface area contributed by atoms with E-state index in [1.165, 1.54) is 23.5 Å². The smallest absolute Gasteiger partial charge is 0.265 e. The minimum Gasteiger partial charge on any atom is -0.319 e. The van der Waals surface area contributed by atoms with Crippen LogP contribution >= 0.6 is 0 Å². The highest BCUT2D eigenvalue weighted by Crippen LogP contribution is 2.42. The summed E-state index contributed by atoms with van der Waals surface area (Å²) in [5.41, 5.74) is 1.22. The number of aryl methyl sites for hydroxylation is 1. The molecule has 12 heteroatoms. The number of benzene rings is 1. The fourth-order valence-corrected chi connectivity index (χ4v) is 6.66. The summed E-state index contributed by atoms with van der Waals surface area (Å²) < 4.78 is 60.0. The number of halogens is 4. The number of piperazine rings is 1. The zero-order valence-electron chi connectivity index (χ0n) is 22.8. The van der Waals surface area contributed by atoms with Crippen LogP contribution in [0, 0.1) is 11.6 Å². The van der Waals surface area contributed by atoms with Crippen LogP contribution in [0.2, 0.25) is 0 Å². The Morgan fingerprint density at radius 2 is 1.76 bits per heavy atom. The Hall–Kier alpha value is -3.64. The number of likely N-dealkylation sites (N-methyl/N-ethyl adjacent to an activating group) is 1. The van der Waals surface area contributed by atoms with E-state index in [2.05, 4.69) is 42.1 Å². The highest BCUT2D eigenvalue weighted by molar-refractivity contribution is 5.83. The van der Waals surface area contributed by atoms with E-state index in [9.17, 15) is 13.2 Å². The van der Waals surface area contributed by atoms with Gasteiger partial charge < -0.3 is 9.88 Å². The maximum absolute atomic E-state index is 15.1. The first-order valence-corrected chi connectivity index (χ1v) is 13.9. The van der Waals surface area contributed by atoms with Crippen molar-refractivity contribution in [3.05, 3.63) is 59.7 Å². The number of anilines is 2. The largest absolute Gasteiger partial charge is 0.319 e. The average molecular weight is 567 g/mol. The molecule has 1 aromatic carbocycles. The van der Waals surface area contributed by atoms with Gasteiger partial charge in [-0.2, -0.15) is 0 Å². The Morgan fingerprint density at radius 3 is 2.46 bits per heavy atom. The molecule has 0 amide bonds. The van der Waals surface area contributed by atoms with Crippen molar-refractivity contribution in [2.75, 3.05) is 25.5 Å². The molecule has 3 atom stereocenters. The topological polar surface area (TPSA) is 75.0 Å². The first-order chi connectivity index (χ1) is 19.6. The summed E-state index contributed by atoms with van der Waals surface area (Å²) in [7, 11) is 2.21. The van der Waals surface area contributed by atoms with Gasteiger partial charge in [-0.1, -0.05) is 6.07 Å². The van der Waals surface area contributed by atoms with E-state index in [1.807, 2.05) is 12.1 Å². The molecule has 3 aliphatic heterocycles. The quantitative estimate of drug-likeness (QED) is 0.316. The molecule has 0 saturated carbocycles. The van der Waals surface area contributed by atoms with Crippen molar-refractivity contribution in [2.24, 2.45) is 0 Å². The van der Waals surface area contributed by atoms with Gasteiger partial charge in [0.25, 0.3) is 5.92 Å². The summed E-state index contributed by atoms with van der Waals surface area (Å²) in [5.74, 6) is -3.56. The van der Waals surface area contributed by atoms with E-state index in [0.717, 1.165) is 44.4 Å². The second-order valence-corrected chi connectivity index (χ2v) is 11.5. The first-order valence-electron chi connectivity index (χ1n) is 13.9. The van der Waals surface area contributed by atoms with Crippen LogP contribution < -0.4 is 5.32 Å². The molecule has 0 aliphatic carbocycles. The number of nitrogens with zero attached hydrogens (tertiary/aromatic N) is 7. The third-order valence-electron chi connectivity index (χ3n) is 8.77. The first kappa shape index (κ1) is 26.3. The number of likely N-dealkylation sites (tertiary alicyclic amines) is 1. The van der Waals surface area contributed by atoms with Gasteiger partial charge in [0, 0.05) is 56.8 Å². The Morgan fingerprint density at radius 1 is 0.976 bits per heavy atom. The van der Waals surface area contributed by atoms with Crippen molar-refractivity contribution in [3.8, 4) is 11.3 Å². The molecule has 2 saturated heterocycles. The summed E-state index contributed by atoms with van der Waals surface area (Å²) in [6, 6.07) is 6.48. The summed E-state index contributed by atoms with van der Waals surface area (Å²) in [5, 5.41) is 2.99. The number of hydrogen-bond donors (Lipinski definition) is 1. The number of hydrogen-bond acceptors (Lipinski definition) is 7. The minimum absolute atomic E-state index is 0.0148. The molecular formula is C29H30F4N8. The third-order valence-corrected chi connectivity index (χ3v) is 8.77. The summed E-state index contributed by atoms with van der Waals surface area (Å²) >= 11 is 0. The van der Waals surface area contributed by atoms with Gasteiger partial charge in [-0.05, 0) is 50.1 Å². The average Bonchev–Trinajstić information content (AvgIpc) is 3.56. The fourth-order valence-electron chi connectivity index (χ4n) is 6.66. The molecule has 3 aromatic heterocycles. The Balaban J connectivity index is 1.12. The maximum Gasteiger partial charge on any atom is 0.265 e. The monoisotopic (exact) mass is 566 g/mol. The number of alkyl halides is 2. The van der Waals surface area contributed by atoms with Gasteiger partial charge in [0.05, 0.1) is 17.8 Å². The molecule has 7 rings (SSSR count). The standard InChI is InChI=1S/C29H30F4N8/c1-29(32,33)23-6-8-25-37-27-20(30)9-17(10-22(27)41(23)25)26-21(31)12-35-28(38-26)36-24-7-3-16(11-34-24)13-40-14-18-4-5-19(15-40)39(18)2/h3,7,9-12,18-19,23H,4-6,8,13-15H2,1-2H3,(H,34,35,36,38)/t18?,19?,23-/m0/s1. The van der Waals surface area contributed by atoms with Crippen LogP contribution in [0.3, 0.4) is 0 Å². The van der Waals surface area contributed by atoms with Crippen LogP contribution in [0.5, 0.6) is 0 Å². The Labute approximate surface area is 234 Å². The number of pyridine rings is 1. The lowest BCUT2D eigenvalue weighted by molar-refractivity contribution is -0.0285. The number of imidazole rings is 1. The molecule has 3 aliphatic rings. The molecule has 0 spiro atoms. The molecular weight excluding hydrogens is 536 g/mol. The van der Waals surface area contributed by atoms with E-state index in [1.54, 1.807) is 6.20 Å². The molecule has 1 N–H and O–H groups in total. The van der Waals surface area contributed by atoms with Crippen molar-refractivity contribution in [1.29, 1.82) is 0 Å². The van der Waals surface area contributed by atoms with Gasteiger partial charge in [0.2, 0.25) is 5.95 Å². The number of nitrogens with one attached hydrogen (secondary N) is 1. The number of fused-ring (bicyclic) bond motifs is 5. The van der Waals surface area contributed by atoms with Gasteiger partial charge >= 0.3 is 0 Å². The van der Waals surface area contributed by atoms with Crippen LogP contribution in [-0.4, -0.2) is 72.4 Å². The zero-order chi connectivity index (χ0) is 28.5. The second-order valence-electron chi connectivity index (χ2n) is 11.5. The predicted molar refractivity (Wildman–Crippen MR) is 146 cm³/mol. The van der Waals surface area contributed by atoms with Crippen molar-refractivity contribution < 1.29 is 17.6 Å². The van der Waals surface area contributed by atoms with Crippen LogP contribution in [0.25, 0.3) is 22.3 Å². The molecule has 2 unspecified atom stereocenters. The third kappa shape index (κ3) is 4.72. The zero-order valence-corrected chi connectivity index (χ0v) is 22.8. The molecule has 2 fully saturated rings. The Kier molecular flexibility index (Phi) is 6.23. The van der Waals surface area contributed by atoms with Gasteiger partial charge in [-0.3, -0.25) is 9.80 Å². The van der Waals surface area contributed by atoms with Crippen LogP contribution in [0.15, 0.2) is 36.7 Å². The summed E-state index contributed by atoms with van der Waals surface area (Å²) in [6.07, 6.45) is 5.81. The lowest BCUT2D eigenvalue weighted by Crippen LogP contribution is -2.51. The van der Waals surface area contributed by atoms with Gasteiger partial charge in [-0.15, -0.1) is 0 Å². The molecule has 214 valence electrons. The summed E-state index contributed by atoms with van der Waals surface area (Å²) in [4.78, 5) is 22.0. The van der Waals surface area contributed by atoms with Gasteiger partial charge in [-0.25, -0.2) is 37.5 Å².